The van der Waals surface area contributed by atoms with Crippen LogP contribution in [0.15, 0.2) is 24.3 Å². The Bertz CT molecular complexity index is 749. The van der Waals surface area contributed by atoms with E-state index in [0.29, 0.717) is 6.54 Å². The van der Waals surface area contributed by atoms with E-state index in [1.165, 1.54) is 6.07 Å². The van der Waals surface area contributed by atoms with Gasteiger partial charge in [-0.3, -0.25) is 9.48 Å². The van der Waals surface area contributed by atoms with Gasteiger partial charge in [0.1, 0.15) is 0 Å². The minimum atomic E-state index is -0.981. The normalized spacial score (nSPS) is 13.6. The summed E-state index contributed by atoms with van der Waals surface area (Å²) < 4.78 is 1.76. The van der Waals surface area contributed by atoms with Crippen molar-refractivity contribution in [1.82, 2.24) is 9.78 Å². The second-order valence-corrected chi connectivity index (χ2v) is 5.21. The number of aromatic carboxylic acids is 1. The highest BCUT2D eigenvalue weighted by atomic mass is 16.4. The lowest BCUT2D eigenvalue weighted by atomic mass is 10.1. The standard InChI is InChI=1S/C15H15N3O3/c1-9-5-12(17(2)16-9)8-18-13-4-3-10(15(20)21)6-11(13)7-14(18)19/h3-6H,7-8H2,1-2H3,(H,20,21). The van der Waals surface area contributed by atoms with E-state index in [2.05, 4.69) is 5.10 Å². The van der Waals surface area contributed by atoms with Crippen LogP contribution in [0.3, 0.4) is 0 Å². The van der Waals surface area contributed by atoms with Gasteiger partial charge in [0.05, 0.1) is 29.9 Å². The highest BCUT2D eigenvalue weighted by Crippen LogP contribution is 2.31. The number of aryl methyl sites for hydroxylation is 2. The summed E-state index contributed by atoms with van der Waals surface area (Å²) in [6, 6.07) is 6.75. The second-order valence-electron chi connectivity index (χ2n) is 5.21. The highest BCUT2D eigenvalue weighted by molar-refractivity contribution is 6.02. The predicted octanol–water partition coefficient (Wildman–Crippen LogP) is 1.52. The molecule has 0 saturated carbocycles. The van der Waals surface area contributed by atoms with Crippen LogP contribution in [0.4, 0.5) is 5.69 Å². The Morgan fingerprint density at radius 3 is 2.76 bits per heavy atom. The average Bonchev–Trinajstić information content (AvgIpc) is 2.89. The molecule has 1 amide bonds. The van der Waals surface area contributed by atoms with Gasteiger partial charge in [0.15, 0.2) is 0 Å². The van der Waals surface area contributed by atoms with E-state index >= 15 is 0 Å². The molecule has 2 heterocycles. The molecule has 1 aliphatic heterocycles. The van der Waals surface area contributed by atoms with Crippen molar-refractivity contribution in [3.05, 3.63) is 46.8 Å². The summed E-state index contributed by atoms with van der Waals surface area (Å²) in [5, 5.41) is 13.3. The average molecular weight is 285 g/mol. The Hall–Kier alpha value is -2.63. The van der Waals surface area contributed by atoms with Crippen LogP contribution in [0.2, 0.25) is 0 Å². The molecule has 6 nitrogen and oxygen atoms in total. The van der Waals surface area contributed by atoms with Crippen molar-refractivity contribution in [2.24, 2.45) is 7.05 Å². The van der Waals surface area contributed by atoms with Crippen LogP contribution in [0.25, 0.3) is 0 Å². The number of rotatable bonds is 3. The second kappa shape index (κ2) is 4.73. The van der Waals surface area contributed by atoms with E-state index in [9.17, 15) is 9.59 Å². The van der Waals surface area contributed by atoms with Crippen LogP contribution >= 0.6 is 0 Å². The van der Waals surface area contributed by atoms with Crippen LogP contribution in [-0.2, 0) is 24.8 Å². The lowest BCUT2D eigenvalue weighted by Gasteiger charge is -2.17. The highest BCUT2D eigenvalue weighted by Gasteiger charge is 2.28. The number of benzene rings is 1. The zero-order valence-corrected chi connectivity index (χ0v) is 11.8. The summed E-state index contributed by atoms with van der Waals surface area (Å²) in [7, 11) is 1.84. The fourth-order valence-electron chi connectivity index (χ4n) is 2.66. The minimum Gasteiger partial charge on any atom is -0.478 e. The molecular formula is C15H15N3O3. The fourth-order valence-corrected chi connectivity index (χ4v) is 2.66. The van der Waals surface area contributed by atoms with Crippen LogP contribution in [-0.4, -0.2) is 26.8 Å². The van der Waals surface area contributed by atoms with Crippen molar-refractivity contribution >= 4 is 17.6 Å². The van der Waals surface area contributed by atoms with Gasteiger partial charge < -0.3 is 10.0 Å². The van der Waals surface area contributed by atoms with Gasteiger partial charge >= 0.3 is 5.97 Å². The maximum Gasteiger partial charge on any atom is 0.335 e. The SMILES string of the molecule is Cc1cc(CN2C(=O)Cc3cc(C(=O)O)ccc32)n(C)n1. The number of hydrogen-bond donors (Lipinski definition) is 1. The molecule has 0 bridgehead atoms. The maximum atomic E-state index is 12.2. The summed E-state index contributed by atoms with van der Waals surface area (Å²) in [5.41, 5.74) is 3.60. The molecule has 0 unspecified atom stereocenters. The molecule has 3 rings (SSSR count). The summed E-state index contributed by atoms with van der Waals surface area (Å²) >= 11 is 0. The number of fused-ring (bicyclic) bond motifs is 1. The molecule has 6 heteroatoms. The predicted molar refractivity (Wildman–Crippen MR) is 76.2 cm³/mol. The molecule has 1 aliphatic rings. The van der Waals surface area contributed by atoms with Gasteiger partial charge in [-0.15, -0.1) is 0 Å². The first-order chi connectivity index (χ1) is 9.95. The Morgan fingerprint density at radius 2 is 2.14 bits per heavy atom. The number of carbonyl (C=O) groups excluding carboxylic acids is 1. The van der Waals surface area contributed by atoms with E-state index in [4.69, 9.17) is 5.11 Å². The number of nitrogens with zero attached hydrogens (tertiary/aromatic N) is 3. The van der Waals surface area contributed by atoms with E-state index in [-0.39, 0.29) is 17.9 Å². The molecule has 0 atom stereocenters. The molecule has 1 aromatic carbocycles. The van der Waals surface area contributed by atoms with Crippen molar-refractivity contribution in [3.63, 3.8) is 0 Å². The zero-order chi connectivity index (χ0) is 15.1. The molecular weight excluding hydrogens is 270 g/mol. The van der Waals surface area contributed by atoms with Gasteiger partial charge in [-0.2, -0.15) is 5.10 Å². The summed E-state index contributed by atoms with van der Waals surface area (Å²) in [4.78, 5) is 24.9. The van der Waals surface area contributed by atoms with Crippen LogP contribution in [0.5, 0.6) is 0 Å². The lowest BCUT2D eigenvalue weighted by molar-refractivity contribution is -0.117. The summed E-state index contributed by atoms with van der Waals surface area (Å²) in [5.74, 6) is -1.00. The number of carbonyl (C=O) groups is 2. The monoisotopic (exact) mass is 285 g/mol. The molecule has 1 N–H and O–H groups in total. The minimum absolute atomic E-state index is 0.0219. The van der Waals surface area contributed by atoms with E-state index in [0.717, 1.165) is 22.6 Å². The van der Waals surface area contributed by atoms with Crippen molar-refractivity contribution in [1.29, 1.82) is 0 Å². The molecule has 0 radical (unpaired) electrons. The van der Waals surface area contributed by atoms with Crippen LogP contribution < -0.4 is 4.90 Å². The van der Waals surface area contributed by atoms with Gasteiger partial charge in [-0.05, 0) is 36.8 Å². The third kappa shape index (κ3) is 2.29. The number of aromatic nitrogens is 2. The first kappa shape index (κ1) is 13.4. The van der Waals surface area contributed by atoms with Gasteiger partial charge in [-0.25, -0.2) is 4.79 Å². The van der Waals surface area contributed by atoms with E-state index in [1.807, 2.05) is 20.0 Å². The molecule has 21 heavy (non-hydrogen) atoms. The lowest BCUT2D eigenvalue weighted by Crippen LogP contribution is -2.27. The van der Waals surface area contributed by atoms with Crippen molar-refractivity contribution in [2.45, 2.75) is 19.9 Å². The number of anilines is 1. The Labute approximate surface area is 121 Å². The number of carboxylic acid groups (broad SMARTS) is 1. The maximum absolute atomic E-state index is 12.2. The first-order valence-corrected chi connectivity index (χ1v) is 6.62. The first-order valence-electron chi connectivity index (χ1n) is 6.62. The summed E-state index contributed by atoms with van der Waals surface area (Å²) in [6.07, 6.45) is 0.243. The molecule has 2 aromatic rings. The zero-order valence-electron chi connectivity index (χ0n) is 11.8. The molecule has 0 fully saturated rings. The molecule has 1 aromatic heterocycles. The fraction of sp³-hybridized carbons (Fsp3) is 0.267. The topological polar surface area (TPSA) is 75.4 Å². The Balaban J connectivity index is 1.94. The van der Waals surface area contributed by atoms with Crippen LogP contribution in [0, 0.1) is 6.92 Å². The summed E-state index contributed by atoms with van der Waals surface area (Å²) in [6.45, 7) is 2.35. The number of amides is 1. The smallest absolute Gasteiger partial charge is 0.335 e. The van der Waals surface area contributed by atoms with E-state index < -0.39 is 5.97 Å². The molecule has 108 valence electrons. The third-order valence-corrected chi connectivity index (χ3v) is 3.68. The number of hydrogen-bond acceptors (Lipinski definition) is 3. The van der Waals surface area contributed by atoms with Crippen molar-refractivity contribution < 1.29 is 14.7 Å². The van der Waals surface area contributed by atoms with E-state index in [1.54, 1.807) is 21.7 Å². The quantitative estimate of drug-likeness (QED) is 0.927. The van der Waals surface area contributed by atoms with Crippen molar-refractivity contribution in [2.75, 3.05) is 4.90 Å². The number of carboxylic acids is 1. The molecule has 0 spiro atoms. The third-order valence-electron chi connectivity index (χ3n) is 3.68. The Kier molecular flexibility index (Phi) is 3.01. The molecule has 0 saturated heterocycles. The van der Waals surface area contributed by atoms with Gasteiger partial charge in [0, 0.05) is 12.7 Å². The van der Waals surface area contributed by atoms with Crippen LogP contribution in [0.1, 0.15) is 27.3 Å². The Morgan fingerprint density at radius 1 is 1.38 bits per heavy atom. The van der Waals surface area contributed by atoms with Gasteiger partial charge in [0.2, 0.25) is 5.91 Å². The van der Waals surface area contributed by atoms with Gasteiger partial charge in [0.25, 0.3) is 0 Å². The van der Waals surface area contributed by atoms with Crippen molar-refractivity contribution in [3.8, 4) is 0 Å². The molecule has 0 aliphatic carbocycles. The van der Waals surface area contributed by atoms with Gasteiger partial charge in [-0.1, -0.05) is 0 Å². The largest absolute Gasteiger partial charge is 0.478 e.